The molecule has 10 nitrogen and oxygen atoms in total. The summed E-state index contributed by atoms with van der Waals surface area (Å²) in [6, 6.07) is 4.73. The fourth-order valence-corrected chi connectivity index (χ4v) is 1.76. The summed E-state index contributed by atoms with van der Waals surface area (Å²) in [5.41, 5.74) is 5.82. The first kappa shape index (κ1) is 20.9. The van der Waals surface area contributed by atoms with E-state index in [1.165, 1.54) is 25.3 Å². The number of benzene rings is 1. The first-order valence-corrected chi connectivity index (χ1v) is 7.67. The molecule has 10 heteroatoms. The molecule has 26 heavy (non-hydrogen) atoms. The van der Waals surface area contributed by atoms with Gasteiger partial charge in [0, 0.05) is 6.08 Å². The van der Waals surface area contributed by atoms with Gasteiger partial charge in [0.25, 0.3) is 5.09 Å². The topological polar surface area (TPSA) is 140 Å². The average Bonchev–Trinajstić information content (AvgIpc) is 2.63. The van der Waals surface area contributed by atoms with Crippen molar-refractivity contribution in [3.05, 3.63) is 40.0 Å². The van der Waals surface area contributed by atoms with Crippen LogP contribution in [-0.2, 0) is 19.2 Å². The molecule has 0 unspecified atom stereocenters. The van der Waals surface area contributed by atoms with E-state index in [2.05, 4.69) is 4.84 Å². The number of unbranched alkanes of at least 4 members (excludes halogenated alkanes) is 1. The van der Waals surface area contributed by atoms with Crippen LogP contribution in [0.1, 0.15) is 18.4 Å². The van der Waals surface area contributed by atoms with Crippen molar-refractivity contribution in [2.24, 2.45) is 5.73 Å². The maximum absolute atomic E-state index is 11.6. The van der Waals surface area contributed by atoms with Crippen LogP contribution in [0, 0.1) is 10.1 Å². The van der Waals surface area contributed by atoms with Crippen LogP contribution < -0.4 is 15.2 Å². The van der Waals surface area contributed by atoms with Crippen LogP contribution in [0.5, 0.6) is 11.5 Å². The Labute approximate surface area is 149 Å². The van der Waals surface area contributed by atoms with Gasteiger partial charge in [0.15, 0.2) is 11.5 Å². The lowest BCUT2D eigenvalue weighted by Crippen LogP contribution is -2.19. The van der Waals surface area contributed by atoms with E-state index in [0.29, 0.717) is 24.2 Å². The number of hydrogen-bond acceptors (Lipinski definition) is 9. The number of carbonyl (C=O) groups excluding carboxylic acids is 2. The van der Waals surface area contributed by atoms with Gasteiger partial charge in [-0.1, -0.05) is 6.07 Å². The molecule has 0 amide bonds. The predicted molar refractivity (Wildman–Crippen MR) is 89.9 cm³/mol. The van der Waals surface area contributed by atoms with E-state index < -0.39 is 17.0 Å². The molecule has 0 saturated carbocycles. The van der Waals surface area contributed by atoms with Crippen LogP contribution in [0.2, 0.25) is 0 Å². The molecule has 0 atom stereocenters. The standard InChI is InChI=1S/C16H20N2O8/c1-23-14-10-12(4-6-13(14)26-16(20)11-17)5-7-15(19)24-8-2-3-9-25-18(21)22/h4-7,10H,2-3,8-9,11,17H2,1H3. The molecule has 2 N–H and O–H groups in total. The van der Waals surface area contributed by atoms with E-state index in [4.69, 9.17) is 19.9 Å². The summed E-state index contributed by atoms with van der Waals surface area (Å²) in [6.07, 6.45) is 3.59. The van der Waals surface area contributed by atoms with Crippen molar-refractivity contribution < 1.29 is 33.7 Å². The predicted octanol–water partition coefficient (Wildman–Crippen LogP) is 1.10. The Kier molecular flexibility index (Phi) is 9.18. The quantitative estimate of drug-likeness (QED) is 0.152. The Morgan fingerprint density at radius 1 is 1.23 bits per heavy atom. The molecular formula is C16H20N2O8. The summed E-state index contributed by atoms with van der Waals surface area (Å²) in [6.45, 7) is -0.169. The zero-order valence-corrected chi connectivity index (χ0v) is 14.2. The minimum atomic E-state index is -0.870. The Morgan fingerprint density at radius 2 is 1.96 bits per heavy atom. The fourth-order valence-electron chi connectivity index (χ4n) is 1.76. The molecule has 0 aromatic heterocycles. The van der Waals surface area contributed by atoms with E-state index in [1.54, 1.807) is 12.1 Å². The molecule has 0 aliphatic rings. The number of hydrogen-bond donors (Lipinski definition) is 1. The lowest BCUT2D eigenvalue weighted by molar-refractivity contribution is -0.757. The highest BCUT2D eigenvalue weighted by Gasteiger charge is 2.09. The highest BCUT2D eigenvalue weighted by atomic mass is 16.9. The average molecular weight is 368 g/mol. The Morgan fingerprint density at radius 3 is 2.62 bits per heavy atom. The van der Waals surface area contributed by atoms with Gasteiger partial charge in [-0.2, -0.15) is 0 Å². The van der Waals surface area contributed by atoms with Gasteiger partial charge >= 0.3 is 11.9 Å². The van der Waals surface area contributed by atoms with Gasteiger partial charge < -0.3 is 24.8 Å². The monoisotopic (exact) mass is 368 g/mol. The maximum Gasteiger partial charge on any atom is 0.330 e. The van der Waals surface area contributed by atoms with E-state index in [1.807, 2.05) is 0 Å². The Hall–Kier alpha value is -3.14. The molecule has 0 radical (unpaired) electrons. The number of carbonyl (C=O) groups is 2. The molecule has 1 aromatic rings. The van der Waals surface area contributed by atoms with Crippen molar-refractivity contribution >= 4 is 18.0 Å². The Balaban J connectivity index is 2.47. The molecule has 0 bridgehead atoms. The molecular weight excluding hydrogens is 348 g/mol. The fraction of sp³-hybridized carbons (Fsp3) is 0.375. The highest BCUT2D eigenvalue weighted by molar-refractivity contribution is 5.87. The van der Waals surface area contributed by atoms with E-state index in [-0.39, 0.29) is 25.5 Å². The SMILES string of the molecule is COc1cc(C=CC(=O)OCCCCO[N+](=O)[O-])ccc1OC(=O)CN. The van der Waals surface area contributed by atoms with Gasteiger partial charge in [-0.3, -0.25) is 4.79 Å². The van der Waals surface area contributed by atoms with Gasteiger partial charge in [-0.05, 0) is 36.6 Å². The summed E-state index contributed by atoms with van der Waals surface area (Å²) in [7, 11) is 1.42. The molecule has 142 valence electrons. The molecule has 0 spiro atoms. The van der Waals surface area contributed by atoms with Crippen molar-refractivity contribution in [3.63, 3.8) is 0 Å². The second-order valence-electron chi connectivity index (χ2n) is 4.85. The zero-order valence-electron chi connectivity index (χ0n) is 14.2. The second kappa shape index (κ2) is 11.4. The molecule has 0 saturated heterocycles. The first-order valence-electron chi connectivity index (χ1n) is 7.67. The van der Waals surface area contributed by atoms with Gasteiger partial charge in [0.05, 0.1) is 26.9 Å². The molecule has 0 fully saturated rings. The minimum absolute atomic E-state index is 0.0404. The summed E-state index contributed by atoms with van der Waals surface area (Å²) in [4.78, 5) is 36.9. The van der Waals surface area contributed by atoms with Crippen LogP contribution in [0.15, 0.2) is 24.3 Å². The van der Waals surface area contributed by atoms with Crippen molar-refractivity contribution in [1.82, 2.24) is 0 Å². The van der Waals surface area contributed by atoms with Gasteiger partial charge in [-0.15, -0.1) is 10.1 Å². The maximum atomic E-state index is 11.6. The molecule has 0 aliphatic heterocycles. The number of nitrogens with two attached hydrogens (primary N) is 1. The molecule has 0 heterocycles. The van der Waals surface area contributed by atoms with Crippen LogP contribution in [0.4, 0.5) is 0 Å². The van der Waals surface area contributed by atoms with Crippen LogP contribution in [-0.4, -0.2) is 43.9 Å². The van der Waals surface area contributed by atoms with Crippen molar-refractivity contribution in [2.75, 3.05) is 26.9 Å². The lowest BCUT2D eigenvalue weighted by atomic mass is 10.2. The third-order valence-electron chi connectivity index (χ3n) is 2.97. The second-order valence-corrected chi connectivity index (χ2v) is 4.85. The van der Waals surface area contributed by atoms with Crippen molar-refractivity contribution in [1.29, 1.82) is 0 Å². The summed E-state index contributed by atoms with van der Waals surface area (Å²) < 4.78 is 15.1. The largest absolute Gasteiger partial charge is 0.493 e. The van der Waals surface area contributed by atoms with E-state index in [9.17, 15) is 19.7 Å². The Bertz CT molecular complexity index is 660. The van der Waals surface area contributed by atoms with E-state index >= 15 is 0 Å². The first-order chi connectivity index (χ1) is 12.5. The van der Waals surface area contributed by atoms with Crippen LogP contribution in [0.3, 0.4) is 0 Å². The summed E-state index contributed by atoms with van der Waals surface area (Å²) in [5, 5.41) is 9.07. The van der Waals surface area contributed by atoms with Crippen molar-refractivity contribution in [3.8, 4) is 11.5 Å². The lowest BCUT2D eigenvalue weighted by Gasteiger charge is -2.09. The number of esters is 2. The number of methoxy groups -OCH3 is 1. The minimum Gasteiger partial charge on any atom is -0.493 e. The van der Waals surface area contributed by atoms with Crippen LogP contribution in [0.25, 0.3) is 6.08 Å². The third-order valence-corrected chi connectivity index (χ3v) is 2.97. The smallest absolute Gasteiger partial charge is 0.330 e. The zero-order chi connectivity index (χ0) is 19.4. The van der Waals surface area contributed by atoms with Gasteiger partial charge in [0.1, 0.15) is 0 Å². The number of nitrogens with zero attached hydrogens (tertiary/aromatic N) is 1. The van der Waals surface area contributed by atoms with Crippen molar-refractivity contribution in [2.45, 2.75) is 12.8 Å². The third kappa shape index (κ3) is 8.11. The molecule has 1 rings (SSSR count). The summed E-state index contributed by atoms with van der Waals surface area (Å²) >= 11 is 0. The summed E-state index contributed by atoms with van der Waals surface area (Å²) in [5.74, 6) is -0.621. The normalized spacial score (nSPS) is 10.4. The number of ether oxygens (including phenoxy) is 3. The highest BCUT2D eigenvalue weighted by Crippen LogP contribution is 2.28. The van der Waals surface area contributed by atoms with Gasteiger partial charge in [-0.25, -0.2) is 4.79 Å². The van der Waals surface area contributed by atoms with Crippen LogP contribution >= 0.6 is 0 Å². The number of rotatable bonds is 11. The molecule has 0 aliphatic carbocycles. The van der Waals surface area contributed by atoms with E-state index in [0.717, 1.165) is 0 Å². The molecule has 1 aromatic carbocycles. The van der Waals surface area contributed by atoms with Gasteiger partial charge in [0.2, 0.25) is 0 Å².